The fourth-order valence-corrected chi connectivity index (χ4v) is 2.79. The molecule has 24 heavy (non-hydrogen) atoms. The fraction of sp³-hybridized carbons (Fsp3) is 0.357. The fourth-order valence-electron chi connectivity index (χ4n) is 2.79. The summed E-state index contributed by atoms with van der Waals surface area (Å²) in [5, 5.41) is 2.07. The van der Waals surface area contributed by atoms with Gasteiger partial charge in [-0.15, -0.1) is 13.2 Å². The summed E-state index contributed by atoms with van der Waals surface area (Å²) in [6.07, 6.45) is -5.01. The van der Waals surface area contributed by atoms with Crippen LogP contribution in [0.2, 0.25) is 0 Å². The maximum absolute atomic E-state index is 14.2. The Morgan fingerprint density at radius 2 is 1.92 bits per heavy atom. The van der Waals surface area contributed by atoms with Crippen molar-refractivity contribution in [3.05, 3.63) is 29.1 Å². The highest BCUT2D eigenvalue weighted by atomic mass is 19.4. The predicted octanol–water partition coefficient (Wildman–Crippen LogP) is 1.49. The molecule has 0 bridgehead atoms. The Kier molecular flexibility index (Phi) is 3.69. The Bertz CT molecular complexity index is 747. The maximum Gasteiger partial charge on any atom is 0.573 e. The Morgan fingerprint density at radius 1 is 1.21 bits per heavy atom. The van der Waals surface area contributed by atoms with Crippen LogP contribution in [0.4, 0.5) is 17.6 Å². The summed E-state index contributed by atoms with van der Waals surface area (Å²) < 4.78 is 54.5. The van der Waals surface area contributed by atoms with Gasteiger partial charge in [0, 0.05) is 13.0 Å². The lowest BCUT2D eigenvalue weighted by molar-refractivity contribution is -0.275. The number of halogens is 4. The molecule has 1 saturated heterocycles. The molecule has 2 aliphatic rings. The number of alkyl halides is 3. The lowest BCUT2D eigenvalue weighted by Gasteiger charge is -2.29. The van der Waals surface area contributed by atoms with Crippen LogP contribution in [0, 0.1) is 5.82 Å². The lowest BCUT2D eigenvalue weighted by atomic mass is 10.0. The standard InChI is InChI=1S/C14H10F4N2O4/c15-11-8(24-14(16,17)18)3-1-6-5-20(13(23)10(6)11)7-2-4-9(21)19-12(7)22/h1,3,7H,2,4-5H2,(H,19,21,22). The second-order valence-corrected chi connectivity index (χ2v) is 5.36. The van der Waals surface area contributed by atoms with Crippen LogP contribution in [0.25, 0.3) is 0 Å². The lowest BCUT2D eigenvalue weighted by Crippen LogP contribution is -2.52. The van der Waals surface area contributed by atoms with E-state index < -0.39 is 47.3 Å². The SMILES string of the molecule is O=C1CCC(N2Cc3ccc(OC(F)(F)F)c(F)c3C2=O)C(=O)N1. The molecule has 3 rings (SSSR count). The van der Waals surface area contributed by atoms with Gasteiger partial charge in [-0.25, -0.2) is 4.39 Å². The summed E-state index contributed by atoms with van der Waals surface area (Å²) in [6.45, 7) is -0.135. The highest BCUT2D eigenvalue weighted by Gasteiger charge is 2.42. The number of ether oxygens (including phenoxy) is 1. The van der Waals surface area contributed by atoms with Gasteiger partial charge >= 0.3 is 6.36 Å². The van der Waals surface area contributed by atoms with E-state index in [0.717, 1.165) is 17.0 Å². The third-order valence-corrected chi connectivity index (χ3v) is 3.82. The monoisotopic (exact) mass is 346 g/mol. The zero-order valence-electron chi connectivity index (χ0n) is 11.9. The molecule has 0 aromatic heterocycles. The van der Waals surface area contributed by atoms with Crippen LogP contribution < -0.4 is 10.1 Å². The van der Waals surface area contributed by atoms with Crippen molar-refractivity contribution in [3.8, 4) is 5.75 Å². The minimum absolute atomic E-state index is 0.0153. The Balaban J connectivity index is 1.89. The van der Waals surface area contributed by atoms with Crippen molar-refractivity contribution in [1.82, 2.24) is 10.2 Å². The molecule has 3 amide bonds. The number of hydrogen-bond donors (Lipinski definition) is 1. The number of nitrogens with zero attached hydrogens (tertiary/aromatic N) is 1. The second-order valence-electron chi connectivity index (χ2n) is 5.36. The molecule has 1 unspecified atom stereocenters. The van der Waals surface area contributed by atoms with E-state index in [0.29, 0.717) is 0 Å². The van der Waals surface area contributed by atoms with E-state index in [2.05, 4.69) is 10.1 Å². The third-order valence-electron chi connectivity index (χ3n) is 3.82. The molecule has 128 valence electrons. The summed E-state index contributed by atoms with van der Waals surface area (Å²) in [6, 6.07) is 0.945. The van der Waals surface area contributed by atoms with E-state index in [1.54, 1.807) is 0 Å². The molecule has 0 aliphatic carbocycles. The summed E-state index contributed by atoms with van der Waals surface area (Å²) in [5.74, 6) is -4.62. The van der Waals surface area contributed by atoms with Gasteiger partial charge in [0.1, 0.15) is 6.04 Å². The molecule has 1 aromatic carbocycles. The van der Waals surface area contributed by atoms with Crippen LogP contribution in [-0.4, -0.2) is 35.0 Å². The number of rotatable bonds is 2. The second kappa shape index (κ2) is 5.46. The van der Waals surface area contributed by atoms with Gasteiger partial charge in [0.05, 0.1) is 5.56 Å². The highest BCUT2D eigenvalue weighted by molar-refractivity contribution is 6.05. The van der Waals surface area contributed by atoms with E-state index in [9.17, 15) is 31.9 Å². The summed E-state index contributed by atoms with van der Waals surface area (Å²) >= 11 is 0. The number of piperidine rings is 1. The van der Waals surface area contributed by atoms with Crippen LogP contribution in [-0.2, 0) is 16.1 Å². The quantitative estimate of drug-likeness (QED) is 0.650. The summed E-state index contributed by atoms with van der Waals surface area (Å²) in [4.78, 5) is 36.4. The number of nitrogens with one attached hydrogen (secondary N) is 1. The molecule has 1 N–H and O–H groups in total. The van der Waals surface area contributed by atoms with Crippen LogP contribution in [0.1, 0.15) is 28.8 Å². The normalized spacial score (nSPS) is 20.9. The average Bonchev–Trinajstić information content (AvgIpc) is 2.79. The van der Waals surface area contributed by atoms with Crippen LogP contribution in [0.3, 0.4) is 0 Å². The first kappa shape index (κ1) is 16.2. The van der Waals surface area contributed by atoms with Crippen molar-refractivity contribution in [2.24, 2.45) is 0 Å². The van der Waals surface area contributed by atoms with Crippen LogP contribution >= 0.6 is 0 Å². The number of benzene rings is 1. The largest absolute Gasteiger partial charge is 0.573 e. The minimum atomic E-state index is -5.10. The van der Waals surface area contributed by atoms with E-state index in [1.807, 2.05) is 0 Å². The van der Waals surface area contributed by atoms with Gasteiger partial charge in [0.2, 0.25) is 11.8 Å². The number of carbonyl (C=O) groups is 3. The first-order chi connectivity index (χ1) is 11.2. The maximum atomic E-state index is 14.2. The smallest absolute Gasteiger partial charge is 0.403 e. The van der Waals surface area contributed by atoms with Crippen molar-refractivity contribution in [3.63, 3.8) is 0 Å². The predicted molar refractivity (Wildman–Crippen MR) is 69.1 cm³/mol. The van der Waals surface area contributed by atoms with E-state index in [4.69, 9.17) is 0 Å². The summed E-state index contributed by atoms with van der Waals surface area (Å²) in [7, 11) is 0. The van der Waals surface area contributed by atoms with Crippen molar-refractivity contribution in [2.75, 3.05) is 0 Å². The van der Waals surface area contributed by atoms with Gasteiger partial charge in [-0.3, -0.25) is 19.7 Å². The number of imide groups is 1. The molecule has 0 spiro atoms. The molecule has 1 aromatic rings. The Labute approximate surface area is 132 Å². The van der Waals surface area contributed by atoms with Gasteiger partial charge in [0.15, 0.2) is 11.6 Å². The van der Waals surface area contributed by atoms with Gasteiger partial charge in [0.25, 0.3) is 5.91 Å². The average molecular weight is 346 g/mol. The van der Waals surface area contributed by atoms with Crippen LogP contribution in [0.5, 0.6) is 5.75 Å². The van der Waals surface area contributed by atoms with Gasteiger partial charge in [-0.1, -0.05) is 6.07 Å². The van der Waals surface area contributed by atoms with E-state index in [-0.39, 0.29) is 24.9 Å². The third kappa shape index (κ3) is 2.79. The minimum Gasteiger partial charge on any atom is -0.403 e. The highest BCUT2D eigenvalue weighted by Crippen LogP contribution is 2.35. The topological polar surface area (TPSA) is 75.7 Å². The van der Waals surface area contributed by atoms with Crippen molar-refractivity contribution >= 4 is 17.7 Å². The molecular weight excluding hydrogens is 336 g/mol. The molecule has 2 heterocycles. The molecule has 10 heteroatoms. The molecule has 6 nitrogen and oxygen atoms in total. The molecule has 0 radical (unpaired) electrons. The zero-order valence-corrected chi connectivity index (χ0v) is 11.9. The number of hydrogen-bond acceptors (Lipinski definition) is 4. The number of carbonyl (C=O) groups excluding carboxylic acids is 3. The first-order valence-electron chi connectivity index (χ1n) is 6.89. The molecular formula is C14H10F4N2O4. The zero-order chi connectivity index (χ0) is 17.6. The first-order valence-corrected chi connectivity index (χ1v) is 6.89. The van der Waals surface area contributed by atoms with E-state index >= 15 is 0 Å². The van der Waals surface area contributed by atoms with Gasteiger partial charge in [-0.2, -0.15) is 0 Å². The Morgan fingerprint density at radius 3 is 2.54 bits per heavy atom. The van der Waals surface area contributed by atoms with Crippen molar-refractivity contribution in [1.29, 1.82) is 0 Å². The van der Waals surface area contributed by atoms with Gasteiger partial charge < -0.3 is 9.64 Å². The molecule has 1 atom stereocenters. The molecule has 1 fully saturated rings. The van der Waals surface area contributed by atoms with Crippen molar-refractivity contribution in [2.45, 2.75) is 31.8 Å². The molecule has 2 aliphatic heterocycles. The van der Waals surface area contributed by atoms with Crippen LogP contribution in [0.15, 0.2) is 12.1 Å². The Hall–Kier alpha value is -2.65. The van der Waals surface area contributed by atoms with Crippen molar-refractivity contribution < 1.29 is 36.7 Å². The number of amides is 3. The summed E-state index contributed by atoms with van der Waals surface area (Å²) in [5.41, 5.74) is -0.404. The van der Waals surface area contributed by atoms with E-state index in [1.165, 1.54) is 0 Å². The van der Waals surface area contributed by atoms with Gasteiger partial charge in [-0.05, 0) is 18.1 Å². The number of fused-ring (bicyclic) bond motifs is 1. The molecule has 0 saturated carbocycles.